The lowest BCUT2D eigenvalue weighted by atomic mass is 10.1. The number of aromatic nitrogens is 3. The Morgan fingerprint density at radius 1 is 1.40 bits per heavy atom. The van der Waals surface area contributed by atoms with E-state index in [0.717, 1.165) is 24.7 Å². The van der Waals surface area contributed by atoms with Crippen molar-refractivity contribution in [3.05, 3.63) is 46.0 Å². The molecule has 1 aromatic carbocycles. The molecule has 0 saturated heterocycles. The first-order valence-corrected chi connectivity index (χ1v) is 8.84. The monoisotopic (exact) mass is 364 g/mol. The molecule has 2 aliphatic rings. The van der Waals surface area contributed by atoms with Crippen LogP contribution in [0.15, 0.2) is 18.2 Å². The Hall–Kier alpha value is -2.09. The van der Waals surface area contributed by atoms with Gasteiger partial charge in [0.05, 0.1) is 0 Å². The highest BCUT2D eigenvalue weighted by molar-refractivity contribution is 7.71. The Bertz CT molecular complexity index is 874. The molecule has 0 bridgehead atoms. The summed E-state index contributed by atoms with van der Waals surface area (Å²) in [6.07, 6.45) is 3.35. The Labute approximate surface area is 148 Å². The van der Waals surface area contributed by atoms with Crippen molar-refractivity contribution in [3.8, 4) is 0 Å². The highest BCUT2D eigenvalue weighted by Crippen LogP contribution is 2.48. The third-order valence-electron chi connectivity index (χ3n) is 4.85. The predicted octanol–water partition coefficient (Wildman–Crippen LogP) is 3.02. The predicted molar refractivity (Wildman–Crippen MR) is 89.6 cm³/mol. The summed E-state index contributed by atoms with van der Waals surface area (Å²) in [7, 11) is 0. The van der Waals surface area contributed by atoms with Crippen molar-refractivity contribution in [3.63, 3.8) is 0 Å². The number of carbonyl (C=O) groups is 1. The van der Waals surface area contributed by atoms with Crippen LogP contribution in [0.3, 0.4) is 0 Å². The summed E-state index contributed by atoms with van der Waals surface area (Å²) in [5, 5.41) is 9.89. The summed E-state index contributed by atoms with van der Waals surface area (Å²) in [5.41, 5.74) is 0.287. The van der Waals surface area contributed by atoms with Crippen molar-refractivity contribution in [1.29, 1.82) is 0 Å². The van der Waals surface area contributed by atoms with Crippen molar-refractivity contribution < 1.29 is 13.6 Å². The Balaban J connectivity index is 1.32. The summed E-state index contributed by atoms with van der Waals surface area (Å²) in [4.78, 5) is 12.2. The molecule has 2 aliphatic carbocycles. The van der Waals surface area contributed by atoms with E-state index in [1.54, 1.807) is 6.07 Å². The van der Waals surface area contributed by atoms with Gasteiger partial charge in [-0.3, -0.25) is 9.89 Å². The number of aromatic amines is 1. The lowest BCUT2D eigenvalue weighted by Crippen LogP contribution is -2.28. The van der Waals surface area contributed by atoms with Gasteiger partial charge in [0.2, 0.25) is 5.91 Å². The molecule has 0 spiro atoms. The number of benzene rings is 1. The van der Waals surface area contributed by atoms with Gasteiger partial charge in [-0.25, -0.2) is 8.78 Å². The van der Waals surface area contributed by atoms with Gasteiger partial charge in [-0.2, -0.15) is 5.10 Å². The van der Waals surface area contributed by atoms with Crippen molar-refractivity contribution in [2.75, 3.05) is 6.54 Å². The molecule has 2 fully saturated rings. The van der Waals surface area contributed by atoms with Gasteiger partial charge in [0.25, 0.3) is 0 Å². The van der Waals surface area contributed by atoms with E-state index < -0.39 is 11.6 Å². The second kappa shape index (κ2) is 6.33. The SMILES string of the molecule is O=C(NCCc1n[nH]c(=S)n1C1CC1)[C@@H]1C[C@H]1c1cccc(F)c1F. The maximum absolute atomic E-state index is 13.8. The summed E-state index contributed by atoms with van der Waals surface area (Å²) in [5.74, 6) is -1.52. The van der Waals surface area contributed by atoms with Crippen LogP contribution in [0.5, 0.6) is 0 Å². The largest absolute Gasteiger partial charge is 0.355 e. The van der Waals surface area contributed by atoms with Gasteiger partial charge in [0.1, 0.15) is 5.82 Å². The van der Waals surface area contributed by atoms with E-state index in [-0.39, 0.29) is 23.3 Å². The third-order valence-corrected chi connectivity index (χ3v) is 5.13. The number of nitrogens with one attached hydrogen (secondary N) is 2. The summed E-state index contributed by atoms with van der Waals surface area (Å²) in [6.45, 7) is 0.444. The van der Waals surface area contributed by atoms with Crippen LogP contribution in [-0.4, -0.2) is 27.2 Å². The molecule has 2 aromatic rings. The van der Waals surface area contributed by atoms with Crippen molar-refractivity contribution in [2.24, 2.45) is 5.92 Å². The van der Waals surface area contributed by atoms with Gasteiger partial charge in [-0.1, -0.05) is 12.1 Å². The number of H-pyrrole nitrogens is 1. The minimum Gasteiger partial charge on any atom is -0.355 e. The quantitative estimate of drug-likeness (QED) is 0.775. The highest BCUT2D eigenvalue weighted by Gasteiger charge is 2.45. The van der Waals surface area contributed by atoms with Crippen LogP contribution < -0.4 is 5.32 Å². The molecule has 2 atom stereocenters. The van der Waals surface area contributed by atoms with Crippen LogP contribution in [0.25, 0.3) is 0 Å². The molecule has 0 radical (unpaired) electrons. The standard InChI is InChI=1S/C17H18F2N4OS/c18-13-3-1-2-10(15(13)19)11-8-12(11)16(24)20-7-6-14-21-22-17(25)23(14)9-4-5-9/h1-3,9,11-12H,4-8H2,(H,20,24)(H,22,25)/t11-,12+/m0/s1. The topological polar surface area (TPSA) is 62.7 Å². The van der Waals surface area contributed by atoms with E-state index >= 15 is 0 Å². The van der Waals surface area contributed by atoms with Gasteiger partial charge in [0, 0.05) is 24.9 Å². The molecule has 0 unspecified atom stereocenters. The van der Waals surface area contributed by atoms with Gasteiger partial charge in [-0.15, -0.1) is 0 Å². The molecule has 5 nitrogen and oxygen atoms in total. The molecule has 1 aromatic heterocycles. The first kappa shape index (κ1) is 16.4. The van der Waals surface area contributed by atoms with Gasteiger partial charge in [-0.05, 0) is 49.0 Å². The molecule has 2 N–H and O–H groups in total. The molecule has 2 saturated carbocycles. The average Bonchev–Trinajstić information content (AvgIpc) is 3.50. The number of rotatable bonds is 6. The average molecular weight is 364 g/mol. The van der Waals surface area contributed by atoms with E-state index in [1.165, 1.54) is 6.07 Å². The zero-order valence-electron chi connectivity index (χ0n) is 13.5. The normalized spacial score (nSPS) is 22.0. The molecular weight excluding hydrogens is 346 g/mol. The van der Waals surface area contributed by atoms with Crippen LogP contribution in [0.2, 0.25) is 0 Å². The number of carbonyl (C=O) groups excluding carboxylic acids is 1. The summed E-state index contributed by atoms with van der Waals surface area (Å²) < 4.78 is 29.7. The maximum Gasteiger partial charge on any atom is 0.223 e. The number of amides is 1. The Morgan fingerprint density at radius 3 is 2.96 bits per heavy atom. The summed E-state index contributed by atoms with van der Waals surface area (Å²) in [6, 6.07) is 4.54. The molecule has 1 amide bonds. The van der Waals surface area contributed by atoms with Crippen molar-refractivity contribution >= 4 is 18.1 Å². The van der Waals surface area contributed by atoms with Crippen LogP contribution >= 0.6 is 12.2 Å². The van der Waals surface area contributed by atoms with E-state index in [0.29, 0.717) is 30.2 Å². The number of halogens is 2. The van der Waals surface area contributed by atoms with E-state index in [2.05, 4.69) is 15.5 Å². The van der Waals surface area contributed by atoms with Gasteiger partial charge < -0.3 is 9.88 Å². The minimum atomic E-state index is -0.869. The van der Waals surface area contributed by atoms with Crippen LogP contribution in [0, 0.1) is 22.3 Å². The zero-order valence-corrected chi connectivity index (χ0v) is 14.3. The zero-order chi connectivity index (χ0) is 17.6. The molecule has 25 heavy (non-hydrogen) atoms. The molecule has 0 aliphatic heterocycles. The Morgan fingerprint density at radius 2 is 2.20 bits per heavy atom. The minimum absolute atomic E-state index is 0.124. The third kappa shape index (κ3) is 3.22. The van der Waals surface area contributed by atoms with Crippen LogP contribution in [-0.2, 0) is 11.2 Å². The van der Waals surface area contributed by atoms with E-state index in [4.69, 9.17) is 12.2 Å². The van der Waals surface area contributed by atoms with Crippen LogP contribution in [0.4, 0.5) is 8.78 Å². The fourth-order valence-corrected chi connectivity index (χ4v) is 3.59. The van der Waals surface area contributed by atoms with Crippen LogP contribution in [0.1, 0.15) is 42.6 Å². The number of hydrogen-bond acceptors (Lipinski definition) is 3. The lowest BCUT2D eigenvalue weighted by molar-refractivity contribution is -0.122. The maximum atomic E-state index is 13.8. The van der Waals surface area contributed by atoms with Gasteiger partial charge in [0.15, 0.2) is 16.4 Å². The molecule has 132 valence electrons. The van der Waals surface area contributed by atoms with E-state index in [9.17, 15) is 13.6 Å². The fourth-order valence-electron chi connectivity index (χ4n) is 3.29. The molecular formula is C17H18F2N4OS. The fraction of sp³-hybridized carbons (Fsp3) is 0.471. The van der Waals surface area contributed by atoms with Gasteiger partial charge >= 0.3 is 0 Å². The first-order valence-electron chi connectivity index (χ1n) is 8.43. The second-order valence-electron chi connectivity index (χ2n) is 6.68. The molecule has 4 rings (SSSR count). The van der Waals surface area contributed by atoms with Crippen molar-refractivity contribution in [2.45, 2.75) is 37.6 Å². The lowest BCUT2D eigenvalue weighted by Gasteiger charge is -2.07. The number of nitrogens with zero attached hydrogens (tertiary/aromatic N) is 2. The van der Waals surface area contributed by atoms with Crippen molar-refractivity contribution in [1.82, 2.24) is 20.1 Å². The molecule has 1 heterocycles. The second-order valence-corrected chi connectivity index (χ2v) is 7.07. The summed E-state index contributed by atoms with van der Waals surface area (Å²) >= 11 is 5.23. The first-order chi connectivity index (χ1) is 12.1. The van der Waals surface area contributed by atoms with E-state index in [1.807, 2.05) is 4.57 Å². The Kier molecular flexibility index (Phi) is 4.15. The highest BCUT2D eigenvalue weighted by atomic mass is 32.1. The smallest absolute Gasteiger partial charge is 0.223 e. The molecule has 8 heteroatoms. The number of hydrogen-bond donors (Lipinski definition) is 2.